The van der Waals surface area contributed by atoms with E-state index >= 15 is 0 Å². The van der Waals surface area contributed by atoms with Crippen molar-refractivity contribution < 1.29 is 0 Å². The largest absolute Gasteiger partial charge is 0.179 e. The van der Waals surface area contributed by atoms with Crippen LogP contribution in [-0.2, 0) is 0 Å². The highest BCUT2D eigenvalue weighted by Gasteiger charge is 2.16. The van der Waals surface area contributed by atoms with Gasteiger partial charge in [0.1, 0.15) is 0 Å². The maximum absolute atomic E-state index is 4.72. The van der Waals surface area contributed by atoms with E-state index in [1.807, 2.05) is 0 Å². The predicted molar refractivity (Wildman–Crippen MR) is 129 cm³/mol. The third-order valence-electron chi connectivity index (χ3n) is 3.68. The van der Waals surface area contributed by atoms with E-state index in [2.05, 4.69) is 50.5 Å². The second kappa shape index (κ2) is 15.7. The number of thiol groups is 7. The summed E-state index contributed by atoms with van der Waals surface area (Å²) in [4.78, 5) is 0. The fourth-order valence-corrected chi connectivity index (χ4v) is 5.55. The smallest absolute Gasteiger partial charge is 0.00376 e. The molecular formula is C15H32S7. The first kappa shape index (κ1) is 24.5. The van der Waals surface area contributed by atoms with Crippen molar-refractivity contribution in [1.82, 2.24) is 0 Å². The standard InChI is InChI=1S/C15H32S7/c16-7-5-11(18)1-3-13(20)9-15(22)10-14(21)4-2-12(19)6-8-17/h11-22H,1-10H2. The molecule has 0 bridgehead atoms. The molecule has 0 saturated heterocycles. The SMILES string of the molecule is SCCC(S)CCC(S)CC(S)CC(S)CCC(S)CCS. The van der Waals surface area contributed by atoms with Crippen LogP contribution < -0.4 is 0 Å². The van der Waals surface area contributed by atoms with Crippen molar-refractivity contribution in [3.05, 3.63) is 0 Å². The summed E-state index contributed by atoms with van der Waals surface area (Å²) >= 11 is 31.7. The van der Waals surface area contributed by atoms with Gasteiger partial charge in [-0.3, -0.25) is 0 Å². The van der Waals surface area contributed by atoms with Gasteiger partial charge in [-0.15, -0.1) is 0 Å². The van der Waals surface area contributed by atoms with E-state index < -0.39 is 0 Å². The van der Waals surface area contributed by atoms with Crippen molar-refractivity contribution in [1.29, 1.82) is 0 Å². The number of hydrogen-bond acceptors (Lipinski definition) is 7. The molecule has 134 valence electrons. The van der Waals surface area contributed by atoms with Gasteiger partial charge in [-0.1, -0.05) is 0 Å². The van der Waals surface area contributed by atoms with E-state index in [0.717, 1.165) is 62.9 Å². The Bertz CT molecular complexity index is 228. The lowest BCUT2D eigenvalue weighted by atomic mass is 10.0. The zero-order chi connectivity index (χ0) is 17.0. The van der Waals surface area contributed by atoms with Gasteiger partial charge in [-0.2, -0.15) is 88.4 Å². The minimum atomic E-state index is 0.372. The minimum Gasteiger partial charge on any atom is -0.179 e. The first-order chi connectivity index (χ1) is 10.4. The van der Waals surface area contributed by atoms with Gasteiger partial charge in [-0.25, -0.2) is 0 Å². The zero-order valence-corrected chi connectivity index (χ0v) is 19.3. The zero-order valence-electron chi connectivity index (χ0n) is 13.1. The van der Waals surface area contributed by atoms with Crippen LogP contribution in [0.4, 0.5) is 0 Å². The molecule has 4 unspecified atom stereocenters. The molecule has 0 N–H and O–H groups in total. The molecule has 0 spiro atoms. The molecule has 0 nitrogen and oxygen atoms in total. The van der Waals surface area contributed by atoms with Gasteiger partial charge in [0.2, 0.25) is 0 Å². The fourth-order valence-electron chi connectivity index (χ4n) is 2.32. The van der Waals surface area contributed by atoms with E-state index in [1.165, 1.54) is 0 Å². The molecule has 0 rings (SSSR count). The molecule has 0 aliphatic heterocycles. The minimum absolute atomic E-state index is 0.372. The maximum Gasteiger partial charge on any atom is 0.00376 e. The van der Waals surface area contributed by atoms with Crippen LogP contribution in [0.15, 0.2) is 0 Å². The van der Waals surface area contributed by atoms with Crippen molar-refractivity contribution in [3.63, 3.8) is 0 Å². The van der Waals surface area contributed by atoms with Crippen LogP contribution in [0.1, 0.15) is 51.4 Å². The third-order valence-corrected chi connectivity index (χ3v) is 6.59. The van der Waals surface area contributed by atoms with Crippen LogP contribution in [0.25, 0.3) is 0 Å². The Morgan fingerprint density at radius 3 is 1.05 bits per heavy atom. The third kappa shape index (κ3) is 14.8. The molecule has 0 fully saturated rings. The Kier molecular flexibility index (Phi) is 17.4. The maximum atomic E-state index is 4.72. The summed E-state index contributed by atoms with van der Waals surface area (Å²) in [6.45, 7) is 0. The molecule has 4 atom stereocenters. The molecule has 0 aliphatic carbocycles. The Morgan fingerprint density at radius 1 is 0.409 bits per heavy atom. The van der Waals surface area contributed by atoms with Gasteiger partial charge in [0, 0.05) is 26.2 Å². The van der Waals surface area contributed by atoms with E-state index in [4.69, 9.17) is 37.9 Å². The lowest BCUT2D eigenvalue weighted by molar-refractivity contribution is 0.578. The van der Waals surface area contributed by atoms with Crippen LogP contribution in [0.5, 0.6) is 0 Å². The Hall–Kier alpha value is 2.45. The highest BCUT2D eigenvalue weighted by atomic mass is 32.1. The van der Waals surface area contributed by atoms with Gasteiger partial charge < -0.3 is 0 Å². The Morgan fingerprint density at radius 2 is 0.727 bits per heavy atom. The molecule has 0 heterocycles. The van der Waals surface area contributed by atoms with E-state index in [0.29, 0.717) is 26.2 Å². The molecule has 0 saturated carbocycles. The van der Waals surface area contributed by atoms with Crippen molar-refractivity contribution in [3.8, 4) is 0 Å². The quantitative estimate of drug-likeness (QED) is 0.173. The molecule has 22 heavy (non-hydrogen) atoms. The molecule has 0 amide bonds. The molecular weight excluding hydrogens is 405 g/mol. The molecule has 0 aromatic heterocycles. The fraction of sp³-hybridized carbons (Fsp3) is 1.00. The van der Waals surface area contributed by atoms with Crippen LogP contribution in [-0.4, -0.2) is 37.8 Å². The first-order valence-corrected chi connectivity index (χ1v) is 11.9. The lowest BCUT2D eigenvalue weighted by Crippen LogP contribution is -2.16. The topological polar surface area (TPSA) is 0 Å². The predicted octanol–water partition coefficient (Wildman–Crippen LogP) is 5.46. The first-order valence-electron chi connectivity index (χ1n) is 8.01. The molecule has 0 radical (unpaired) electrons. The molecule has 0 aromatic rings. The number of hydrogen-bond donors (Lipinski definition) is 7. The van der Waals surface area contributed by atoms with Crippen molar-refractivity contribution in [2.75, 3.05) is 11.5 Å². The van der Waals surface area contributed by atoms with Crippen molar-refractivity contribution in [2.24, 2.45) is 0 Å². The summed E-state index contributed by atoms with van der Waals surface area (Å²) in [5.41, 5.74) is 0. The summed E-state index contributed by atoms with van der Waals surface area (Å²) in [7, 11) is 0. The summed E-state index contributed by atoms with van der Waals surface area (Å²) < 4.78 is 0. The highest BCUT2D eigenvalue weighted by Crippen LogP contribution is 2.25. The summed E-state index contributed by atoms with van der Waals surface area (Å²) in [5, 5.41) is 2.07. The van der Waals surface area contributed by atoms with Crippen molar-refractivity contribution in [2.45, 2.75) is 77.6 Å². The average Bonchev–Trinajstić information content (AvgIpc) is 2.43. The average molecular weight is 437 g/mol. The molecule has 7 heteroatoms. The molecule has 0 aliphatic rings. The van der Waals surface area contributed by atoms with Crippen LogP contribution >= 0.6 is 88.4 Å². The normalized spacial score (nSPS) is 18.7. The van der Waals surface area contributed by atoms with Gasteiger partial charge in [0.05, 0.1) is 0 Å². The second-order valence-corrected chi connectivity index (χ2v) is 10.5. The summed E-state index contributed by atoms with van der Waals surface area (Å²) in [6, 6.07) is 0. The Balaban J connectivity index is 3.79. The van der Waals surface area contributed by atoms with Crippen LogP contribution in [0.3, 0.4) is 0 Å². The number of rotatable bonds is 14. The van der Waals surface area contributed by atoms with E-state index in [9.17, 15) is 0 Å². The lowest BCUT2D eigenvalue weighted by Gasteiger charge is -2.21. The Labute approximate surface area is 176 Å². The highest BCUT2D eigenvalue weighted by molar-refractivity contribution is 7.82. The van der Waals surface area contributed by atoms with Crippen LogP contribution in [0, 0.1) is 0 Å². The van der Waals surface area contributed by atoms with E-state index in [-0.39, 0.29) is 0 Å². The van der Waals surface area contributed by atoms with Crippen LogP contribution in [0.2, 0.25) is 0 Å². The van der Waals surface area contributed by atoms with Gasteiger partial charge in [0.15, 0.2) is 0 Å². The molecule has 0 aromatic carbocycles. The van der Waals surface area contributed by atoms with E-state index in [1.54, 1.807) is 0 Å². The van der Waals surface area contributed by atoms with Gasteiger partial charge >= 0.3 is 0 Å². The summed E-state index contributed by atoms with van der Waals surface area (Å²) in [5.74, 6) is 1.81. The van der Waals surface area contributed by atoms with Gasteiger partial charge in [0.25, 0.3) is 0 Å². The van der Waals surface area contributed by atoms with Crippen molar-refractivity contribution >= 4 is 88.4 Å². The summed E-state index contributed by atoms with van der Waals surface area (Å²) in [6.07, 6.45) is 8.60. The second-order valence-electron chi connectivity index (χ2n) is 5.92. The van der Waals surface area contributed by atoms with Gasteiger partial charge in [-0.05, 0) is 62.9 Å². The monoisotopic (exact) mass is 436 g/mol.